The quantitative estimate of drug-likeness (QED) is 0.882. The molecule has 1 N–H and O–H groups in total. The summed E-state index contributed by atoms with van der Waals surface area (Å²) in [7, 11) is 1.66. The van der Waals surface area contributed by atoms with Crippen molar-refractivity contribution in [2.24, 2.45) is 0 Å². The van der Waals surface area contributed by atoms with Crippen molar-refractivity contribution in [1.82, 2.24) is 9.88 Å². The van der Waals surface area contributed by atoms with Gasteiger partial charge in [-0.2, -0.15) is 0 Å². The summed E-state index contributed by atoms with van der Waals surface area (Å²) in [6.07, 6.45) is 0.809. The third-order valence-electron chi connectivity index (χ3n) is 5.22. The monoisotopic (exact) mass is 353 g/mol. The highest BCUT2D eigenvalue weighted by atomic mass is 16.4. The molecule has 0 atom stereocenters. The number of anilines is 1. The van der Waals surface area contributed by atoms with Crippen LogP contribution in [0.1, 0.15) is 38.2 Å². The molecule has 5 nitrogen and oxygen atoms in total. The van der Waals surface area contributed by atoms with Gasteiger partial charge in [-0.3, -0.25) is 0 Å². The van der Waals surface area contributed by atoms with Gasteiger partial charge in [0.25, 0.3) is 0 Å². The van der Waals surface area contributed by atoms with Crippen molar-refractivity contribution in [3.05, 3.63) is 48.0 Å². The van der Waals surface area contributed by atoms with Gasteiger partial charge in [-0.15, -0.1) is 0 Å². The Labute approximate surface area is 155 Å². The van der Waals surface area contributed by atoms with E-state index in [1.165, 1.54) is 10.5 Å². The zero-order chi connectivity index (χ0) is 18.7. The molecule has 0 unspecified atom stereocenters. The number of aromatic nitrogens is 1. The Hall–Kier alpha value is -2.56. The van der Waals surface area contributed by atoms with Gasteiger partial charge in [0.2, 0.25) is 0 Å². The number of rotatable bonds is 4. The molecule has 1 saturated heterocycles. The lowest BCUT2D eigenvalue weighted by Crippen LogP contribution is -2.45. The van der Waals surface area contributed by atoms with E-state index >= 15 is 0 Å². The number of piperidine rings is 1. The number of hydrogen-bond acceptors (Lipinski definition) is 3. The fourth-order valence-corrected chi connectivity index (χ4v) is 3.46. The fourth-order valence-electron chi connectivity index (χ4n) is 3.46. The van der Waals surface area contributed by atoms with Crippen LogP contribution in [0.15, 0.2) is 42.5 Å². The standard InChI is InChI=1S/C21H27N3O2/c1-15(2)16-6-4-7-17(14-16)19-8-5-9-20(22-19)24-12-10-18(11-13-24)23(3)21(25)26/h4-9,14-15,18H,10-13H2,1-3H3,(H,25,26). The normalized spacial score (nSPS) is 15.3. The number of hydrogen-bond donors (Lipinski definition) is 1. The zero-order valence-electron chi connectivity index (χ0n) is 15.7. The maximum Gasteiger partial charge on any atom is 0.407 e. The molecule has 1 amide bonds. The molecule has 0 bridgehead atoms. The number of nitrogens with zero attached hydrogens (tertiary/aromatic N) is 3. The Morgan fingerprint density at radius 3 is 2.54 bits per heavy atom. The van der Waals surface area contributed by atoms with Gasteiger partial charge in [0, 0.05) is 31.7 Å². The molecular weight excluding hydrogens is 326 g/mol. The smallest absolute Gasteiger partial charge is 0.407 e. The van der Waals surface area contributed by atoms with E-state index in [1.807, 2.05) is 12.1 Å². The second-order valence-electron chi connectivity index (χ2n) is 7.27. The van der Waals surface area contributed by atoms with Crippen molar-refractivity contribution >= 4 is 11.9 Å². The number of carboxylic acid groups (broad SMARTS) is 1. The first-order chi connectivity index (χ1) is 12.5. The van der Waals surface area contributed by atoms with Crippen LogP contribution in [-0.2, 0) is 0 Å². The topological polar surface area (TPSA) is 56.7 Å². The Bertz CT molecular complexity index is 767. The van der Waals surface area contributed by atoms with Crippen LogP contribution in [0.4, 0.5) is 10.6 Å². The van der Waals surface area contributed by atoms with E-state index in [9.17, 15) is 4.79 Å². The predicted octanol–water partition coefficient (Wildman–Crippen LogP) is 4.45. The molecule has 138 valence electrons. The van der Waals surface area contributed by atoms with Crippen molar-refractivity contribution in [3.63, 3.8) is 0 Å². The van der Waals surface area contributed by atoms with E-state index < -0.39 is 6.09 Å². The Balaban J connectivity index is 1.74. The van der Waals surface area contributed by atoms with Gasteiger partial charge < -0.3 is 14.9 Å². The zero-order valence-corrected chi connectivity index (χ0v) is 15.7. The highest BCUT2D eigenvalue weighted by molar-refractivity contribution is 5.65. The first-order valence-electron chi connectivity index (χ1n) is 9.24. The summed E-state index contributed by atoms with van der Waals surface area (Å²) in [6.45, 7) is 6.04. The Morgan fingerprint density at radius 1 is 1.19 bits per heavy atom. The highest BCUT2D eigenvalue weighted by Crippen LogP contribution is 2.26. The van der Waals surface area contributed by atoms with Gasteiger partial charge in [-0.25, -0.2) is 9.78 Å². The van der Waals surface area contributed by atoms with Crippen LogP contribution in [-0.4, -0.2) is 47.3 Å². The lowest BCUT2D eigenvalue weighted by atomic mass is 9.99. The highest BCUT2D eigenvalue weighted by Gasteiger charge is 2.25. The van der Waals surface area contributed by atoms with Crippen LogP contribution in [0.5, 0.6) is 0 Å². The summed E-state index contributed by atoms with van der Waals surface area (Å²) in [5.41, 5.74) is 3.43. The van der Waals surface area contributed by atoms with Crippen molar-refractivity contribution < 1.29 is 9.90 Å². The summed E-state index contributed by atoms with van der Waals surface area (Å²) < 4.78 is 0. The van der Waals surface area contributed by atoms with E-state index in [0.717, 1.165) is 43.0 Å². The fraction of sp³-hybridized carbons (Fsp3) is 0.429. The molecule has 26 heavy (non-hydrogen) atoms. The van der Waals surface area contributed by atoms with Gasteiger partial charge in [0.1, 0.15) is 5.82 Å². The number of pyridine rings is 1. The van der Waals surface area contributed by atoms with Crippen LogP contribution in [0.2, 0.25) is 0 Å². The number of benzene rings is 1. The molecule has 0 spiro atoms. The summed E-state index contributed by atoms with van der Waals surface area (Å²) in [4.78, 5) is 19.7. The molecule has 1 aromatic carbocycles. The van der Waals surface area contributed by atoms with Crippen LogP contribution < -0.4 is 4.90 Å². The second-order valence-corrected chi connectivity index (χ2v) is 7.27. The van der Waals surface area contributed by atoms with E-state index in [2.05, 4.69) is 49.1 Å². The molecule has 2 heterocycles. The molecule has 1 aliphatic rings. The summed E-state index contributed by atoms with van der Waals surface area (Å²) in [5.74, 6) is 1.46. The molecule has 1 aromatic heterocycles. The summed E-state index contributed by atoms with van der Waals surface area (Å²) >= 11 is 0. The number of amides is 1. The Kier molecular flexibility index (Phi) is 5.45. The average molecular weight is 353 g/mol. The SMILES string of the molecule is CC(C)c1cccc(-c2cccc(N3CCC(N(C)C(=O)O)CC3)n2)c1. The van der Waals surface area contributed by atoms with Crippen molar-refractivity contribution in [2.75, 3.05) is 25.0 Å². The van der Waals surface area contributed by atoms with Gasteiger partial charge >= 0.3 is 6.09 Å². The van der Waals surface area contributed by atoms with Crippen LogP contribution in [0.3, 0.4) is 0 Å². The van der Waals surface area contributed by atoms with E-state index in [4.69, 9.17) is 10.1 Å². The van der Waals surface area contributed by atoms with E-state index in [-0.39, 0.29) is 6.04 Å². The maximum absolute atomic E-state index is 11.1. The van der Waals surface area contributed by atoms with Gasteiger partial charge in [-0.1, -0.05) is 38.1 Å². The average Bonchev–Trinajstić information content (AvgIpc) is 2.67. The molecular formula is C21H27N3O2. The first kappa shape index (κ1) is 18.2. The van der Waals surface area contributed by atoms with E-state index in [0.29, 0.717) is 5.92 Å². The number of carbonyl (C=O) groups is 1. The van der Waals surface area contributed by atoms with Crippen LogP contribution in [0.25, 0.3) is 11.3 Å². The molecule has 5 heteroatoms. The largest absolute Gasteiger partial charge is 0.465 e. The molecule has 0 aliphatic carbocycles. The Morgan fingerprint density at radius 2 is 1.88 bits per heavy atom. The van der Waals surface area contributed by atoms with Crippen LogP contribution >= 0.6 is 0 Å². The molecule has 1 aliphatic heterocycles. The van der Waals surface area contributed by atoms with Crippen molar-refractivity contribution in [3.8, 4) is 11.3 Å². The maximum atomic E-state index is 11.1. The second kappa shape index (κ2) is 7.77. The molecule has 0 radical (unpaired) electrons. The molecule has 2 aromatic rings. The molecule has 1 fully saturated rings. The third kappa shape index (κ3) is 3.98. The summed E-state index contributed by atoms with van der Waals surface area (Å²) in [5, 5.41) is 9.14. The minimum atomic E-state index is -0.853. The van der Waals surface area contributed by atoms with Crippen LogP contribution in [0, 0.1) is 0 Å². The van der Waals surface area contributed by atoms with Gasteiger partial charge in [0.15, 0.2) is 0 Å². The minimum Gasteiger partial charge on any atom is -0.465 e. The first-order valence-corrected chi connectivity index (χ1v) is 9.24. The van der Waals surface area contributed by atoms with Crippen molar-refractivity contribution in [2.45, 2.75) is 38.6 Å². The third-order valence-corrected chi connectivity index (χ3v) is 5.22. The van der Waals surface area contributed by atoms with Gasteiger partial charge in [0.05, 0.1) is 5.69 Å². The van der Waals surface area contributed by atoms with E-state index in [1.54, 1.807) is 7.05 Å². The molecule has 3 rings (SSSR count). The van der Waals surface area contributed by atoms with Gasteiger partial charge in [-0.05, 0) is 42.5 Å². The minimum absolute atomic E-state index is 0.0923. The summed E-state index contributed by atoms with van der Waals surface area (Å²) in [6, 6.07) is 14.8. The predicted molar refractivity (Wildman–Crippen MR) is 105 cm³/mol. The lowest BCUT2D eigenvalue weighted by molar-refractivity contribution is 0.131. The molecule has 0 saturated carbocycles. The van der Waals surface area contributed by atoms with Crippen molar-refractivity contribution in [1.29, 1.82) is 0 Å². The lowest BCUT2D eigenvalue weighted by Gasteiger charge is -2.36.